The van der Waals surface area contributed by atoms with Crippen molar-refractivity contribution in [2.75, 3.05) is 18.1 Å². The number of aromatic nitrogens is 2. The van der Waals surface area contributed by atoms with Crippen molar-refractivity contribution in [3.05, 3.63) is 18.0 Å². The van der Waals surface area contributed by atoms with Gasteiger partial charge in [0.2, 0.25) is 0 Å². The van der Waals surface area contributed by atoms with E-state index in [1.807, 2.05) is 28.8 Å². The van der Waals surface area contributed by atoms with E-state index in [0.717, 1.165) is 30.2 Å². The summed E-state index contributed by atoms with van der Waals surface area (Å²) in [5.41, 5.74) is 7.22. The van der Waals surface area contributed by atoms with E-state index in [4.69, 9.17) is 10.5 Å². The number of thioether (sulfide) groups is 1. The number of hydrogen-bond acceptors (Lipinski definition) is 4. The molecule has 0 spiro atoms. The quantitative estimate of drug-likeness (QED) is 0.838. The van der Waals surface area contributed by atoms with E-state index in [1.54, 1.807) is 0 Å². The van der Waals surface area contributed by atoms with Crippen LogP contribution in [0.4, 0.5) is 0 Å². The molecule has 0 aromatic carbocycles. The molecule has 84 valence electrons. The number of ether oxygens (including phenoxy) is 1. The minimum atomic E-state index is -0.0434. The second-order valence-corrected chi connectivity index (χ2v) is 4.79. The number of aryl methyl sites for hydroxylation is 1. The van der Waals surface area contributed by atoms with Crippen LogP contribution >= 0.6 is 11.8 Å². The highest BCUT2D eigenvalue weighted by molar-refractivity contribution is 7.99. The van der Waals surface area contributed by atoms with Crippen LogP contribution < -0.4 is 5.73 Å². The third-order valence-corrected chi connectivity index (χ3v) is 3.62. The van der Waals surface area contributed by atoms with Crippen molar-refractivity contribution < 1.29 is 4.74 Å². The molecule has 2 atom stereocenters. The van der Waals surface area contributed by atoms with E-state index in [2.05, 4.69) is 12.0 Å². The van der Waals surface area contributed by atoms with Gasteiger partial charge in [0, 0.05) is 29.8 Å². The first kappa shape index (κ1) is 11.0. The normalized spacial score (nSPS) is 24.0. The van der Waals surface area contributed by atoms with E-state index in [1.165, 1.54) is 0 Å². The zero-order chi connectivity index (χ0) is 10.7. The van der Waals surface area contributed by atoms with Crippen molar-refractivity contribution >= 4 is 11.8 Å². The predicted molar refractivity (Wildman–Crippen MR) is 61.9 cm³/mol. The molecule has 2 unspecified atom stereocenters. The first-order valence-electron chi connectivity index (χ1n) is 5.28. The fraction of sp³-hybridized carbons (Fsp3) is 0.700. The van der Waals surface area contributed by atoms with Gasteiger partial charge in [0.15, 0.2) is 0 Å². The molecule has 1 aromatic rings. The summed E-state index contributed by atoms with van der Waals surface area (Å²) in [5, 5.41) is 4.22. The van der Waals surface area contributed by atoms with Gasteiger partial charge in [-0.1, -0.05) is 0 Å². The molecule has 0 aliphatic carbocycles. The predicted octanol–water partition coefficient (Wildman–Crippen LogP) is 1.03. The van der Waals surface area contributed by atoms with E-state index in [9.17, 15) is 0 Å². The van der Waals surface area contributed by atoms with Crippen LogP contribution in [0.15, 0.2) is 12.4 Å². The zero-order valence-corrected chi connectivity index (χ0v) is 9.74. The number of hydrogen-bond donors (Lipinski definition) is 1. The molecular formula is C10H17N3OS. The Morgan fingerprint density at radius 3 is 3.27 bits per heavy atom. The molecular weight excluding hydrogens is 210 g/mol. The van der Waals surface area contributed by atoms with E-state index in [-0.39, 0.29) is 12.1 Å². The van der Waals surface area contributed by atoms with Gasteiger partial charge in [0.05, 0.1) is 24.9 Å². The van der Waals surface area contributed by atoms with Gasteiger partial charge in [0.1, 0.15) is 0 Å². The first-order chi connectivity index (χ1) is 7.31. The zero-order valence-electron chi connectivity index (χ0n) is 8.93. The maximum atomic E-state index is 6.15. The minimum Gasteiger partial charge on any atom is -0.375 e. The van der Waals surface area contributed by atoms with Crippen molar-refractivity contribution in [1.82, 2.24) is 9.78 Å². The van der Waals surface area contributed by atoms with E-state index >= 15 is 0 Å². The summed E-state index contributed by atoms with van der Waals surface area (Å²) in [6, 6.07) is -0.0434. The Kier molecular flexibility index (Phi) is 3.66. The minimum absolute atomic E-state index is 0.0434. The highest BCUT2D eigenvalue weighted by Gasteiger charge is 2.23. The fourth-order valence-corrected chi connectivity index (χ4v) is 2.57. The first-order valence-corrected chi connectivity index (χ1v) is 6.44. The van der Waals surface area contributed by atoms with E-state index in [0.29, 0.717) is 0 Å². The second-order valence-electron chi connectivity index (χ2n) is 3.64. The highest BCUT2D eigenvalue weighted by atomic mass is 32.2. The molecule has 0 saturated carbocycles. The van der Waals surface area contributed by atoms with Crippen LogP contribution in [0.2, 0.25) is 0 Å². The molecule has 2 N–H and O–H groups in total. The second kappa shape index (κ2) is 5.01. The highest BCUT2D eigenvalue weighted by Crippen LogP contribution is 2.23. The summed E-state index contributed by atoms with van der Waals surface area (Å²) >= 11 is 1.91. The molecule has 1 aromatic heterocycles. The molecule has 0 amide bonds. The Balaban J connectivity index is 2.02. The number of rotatable bonds is 3. The lowest BCUT2D eigenvalue weighted by Gasteiger charge is -2.26. The summed E-state index contributed by atoms with van der Waals surface area (Å²) in [6.07, 6.45) is 3.99. The van der Waals surface area contributed by atoms with Crippen molar-refractivity contribution in [1.29, 1.82) is 0 Å². The molecule has 2 rings (SSSR count). The number of nitrogens with zero attached hydrogens (tertiary/aromatic N) is 2. The van der Waals surface area contributed by atoms with Crippen LogP contribution in [0.25, 0.3) is 0 Å². The molecule has 5 heteroatoms. The van der Waals surface area contributed by atoms with Gasteiger partial charge in [-0.25, -0.2) is 0 Å². The van der Waals surface area contributed by atoms with Crippen LogP contribution in [-0.2, 0) is 11.3 Å². The Morgan fingerprint density at radius 1 is 1.80 bits per heavy atom. The molecule has 1 aliphatic rings. The largest absolute Gasteiger partial charge is 0.375 e. The molecule has 0 radical (unpaired) electrons. The third-order valence-electron chi connectivity index (χ3n) is 2.60. The molecule has 15 heavy (non-hydrogen) atoms. The summed E-state index contributed by atoms with van der Waals surface area (Å²) in [4.78, 5) is 0. The fourth-order valence-electron chi connectivity index (χ4n) is 1.65. The van der Waals surface area contributed by atoms with Gasteiger partial charge in [0.25, 0.3) is 0 Å². The Hall–Kier alpha value is -0.520. The molecule has 4 nitrogen and oxygen atoms in total. The van der Waals surface area contributed by atoms with Gasteiger partial charge in [-0.15, -0.1) is 0 Å². The Morgan fingerprint density at radius 2 is 2.67 bits per heavy atom. The maximum absolute atomic E-state index is 6.15. The molecule has 2 heterocycles. The smallest absolute Gasteiger partial charge is 0.0859 e. The van der Waals surface area contributed by atoms with Crippen LogP contribution in [-0.4, -0.2) is 34.0 Å². The van der Waals surface area contributed by atoms with Gasteiger partial charge >= 0.3 is 0 Å². The standard InChI is InChI=1S/C10H17N3OS/c1-2-13-6-8(5-12-13)10(11)9-7-15-4-3-14-9/h5-6,9-10H,2-4,7,11H2,1H3. The van der Waals surface area contributed by atoms with Crippen LogP contribution in [0, 0.1) is 0 Å². The lowest BCUT2D eigenvalue weighted by atomic mass is 10.1. The van der Waals surface area contributed by atoms with Gasteiger partial charge in [-0.3, -0.25) is 4.68 Å². The van der Waals surface area contributed by atoms with Crippen molar-refractivity contribution in [3.8, 4) is 0 Å². The van der Waals surface area contributed by atoms with E-state index < -0.39 is 0 Å². The van der Waals surface area contributed by atoms with Gasteiger partial charge < -0.3 is 10.5 Å². The lowest BCUT2D eigenvalue weighted by Crippen LogP contribution is -2.34. The topological polar surface area (TPSA) is 53.1 Å². The monoisotopic (exact) mass is 227 g/mol. The lowest BCUT2D eigenvalue weighted by molar-refractivity contribution is 0.0569. The number of nitrogens with two attached hydrogens (primary N) is 1. The Labute approximate surface area is 94.2 Å². The molecule has 0 bridgehead atoms. The summed E-state index contributed by atoms with van der Waals surface area (Å²) in [6.45, 7) is 3.76. The molecule has 1 saturated heterocycles. The Bertz CT molecular complexity index is 309. The SMILES string of the molecule is CCn1cc(C(N)C2CSCCO2)cn1. The average molecular weight is 227 g/mol. The summed E-state index contributed by atoms with van der Waals surface area (Å²) < 4.78 is 7.55. The van der Waals surface area contributed by atoms with Crippen LogP contribution in [0.3, 0.4) is 0 Å². The maximum Gasteiger partial charge on any atom is 0.0859 e. The summed E-state index contributed by atoms with van der Waals surface area (Å²) in [7, 11) is 0. The van der Waals surface area contributed by atoms with Crippen LogP contribution in [0.1, 0.15) is 18.5 Å². The van der Waals surface area contributed by atoms with Crippen molar-refractivity contribution in [2.45, 2.75) is 25.6 Å². The summed E-state index contributed by atoms with van der Waals surface area (Å²) in [5.74, 6) is 2.07. The van der Waals surface area contributed by atoms with Gasteiger partial charge in [-0.05, 0) is 6.92 Å². The van der Waals surface area contributed by atoms with Gasteiger partial charge in [-0.2, -0.15) is 16.9 Å². The molecule has 1 aliphatic heterocycles. The molecule has 1 fully saturated rings. The third kappa shape index (κ3) is 2.53. The van der Waals surface area contributed by atoms with Crippen molar-refractivity contribution in [3.63, 3.8) is 0 Å². The average Bonchev–Trinajstić information content (AvgIpc) is 2.78. The van der Waals surface area contributed by atoms with Crippen molar-refractivity contribution in [2.24, 2.45) is 5.73 Å². The van der Waals surface area contributed by atoms with Crippen LogP contribution in [0.5, 0.6) is 0 Å².